The third kappa shape index (κ3) is 3.71. The molecule has 0 radical (unpaired) electrons. The van der Waals surface area contributed by atoms with Gasteiger partial charge >= 0.3 is 0 Å². The lowest BCUT2D eigenvalue weighted by molar-refractivity contribution is 0.477. The predicted molar refractivity (Wildman–Crippen MR) is 137 cm³/mol. The van der Waals surface area contributed by atoms with Gasteiger partial charge in [-0.1, -0.05) is 30.3 Å². The summed E-state index contributed by atoms with van der Waals surface area (Å²) in [6.07, 6.45) is 1.72. The highest BCUT2D eigenvalue weighted by molar-refractivity contribution is 7.92. The smallest absolute Gasteiger partial charge is 0.267 e. The van der Waals surface area contributed by atoms with Crippen molar-refractivity contribution in [1.82, 2.24) is 14.3 Å². The highest BCUT2D eigenvalue weighted by Gasteiger charge is 2.39. The second kappa shape index (κ2) is 8.54. The molecule has 2 aliphatic heterocycles. The van der Waals surface area contributed by atoms with Crippen LogP contribution >= 0.6 is 0 Å². The lowest BCUT2D eigenvalue weighted by atomic mass is 10.3. The molecule has 0 N–H and O–H groups in total. The number of rotatable bonds is 5. The van der Waals surface area contributed by atoms with Crippen molar-refractivity contribution < 1.29 is 16.8 Å². The minimum atomic E-state index is -3.92. The summed E-state index contributed by atoms with van der Waals surface area (Å²) in [5.74, 6) is 0.620. The summed E-state index contributed by atoms with van der Waals surface area (Å²) in [5.41, 5.74) is 1.83. The zero-order valence-electron chi connectivity index (χ0n) is 19.2. The Balaban J connectivity index is 1.43. The molecule has 1 fully saturated rings. The first kappa shape index (κ1) is 22.9. The van der Waals surface area contributed by atoms with E-state index in [0.717, 1.165) is 12.8 Å². The number of hydrogen-bond donors (Lipinski definition) is 0. The van der Waals surface area contributed by atoms with Crippen LogP contribution in [-0.2, 0) is 20.0 Å². The summed E-state index contributed by atoms with van der Waals surface area (Å²) >= 11 is 0. The Hall–Kier alpha value is -3.54. The van der Waals surface area contributed by atoms with Crippen molar-refractivity contribution in [3.8, 4) is 0 Å². The molecule has 9 nitrogen and oxygen atoms in total. The molecule has 36 heavy (non-hydrogen) atoms. The molecule has 0 amide bonds. The van der Waals surface area contributed by atoms with Gasteiger partial charge in [0.2, 0.25) is 10.0 Å². The van der Waals surface area contributed by atoms with Gasteiger partial charge in [-0.2, -0.15) is 4.31 Å². The van der Waals surface area contributed by atoms with Crippen molar-refractivity contribution in [2.24, 2.45) is 0 Å². The van der Waals surface area contributed by atoms with Gasteiger partial charge in [0.15, 0.2) is 11.6 Å². The molecule has 2 aliphatic rings. The molecule has 0 bridgehead atoms. The van der Waals surface area contributed by atoms with E-state index < -0.39 is 20.0 Å². The van der Waals surface area contributed by atoms with Crippen LogP contribution in [0.25, 0.3) is 11.0 Å². The molecule has 4 aromatic rings. The molecule has 11 heteroatoms. The van der Waals surface area contributed by atoms with Crippen LogP contribution in [0.2, 0.25) is 0 Å². The summed E-state index contributed by atoms with van der Waals surface area (Å²) in [7, 11) is -7.48. The van der Waals surface area contributed by atoms with Gasteiger partial charge in [0, 0.05) is 18.8 Å². The van der Waals surface area contributed by atoms with Crippen LogP contribution < -0.4 is 9.21 Å². The Morgan fingerprint density at radius 3 is 1.81 bits per heavy atom. The van der Waals surface area contributed by atoms with Gasteiger partial charge in [0.05, 0.1) is 20.8 Å². The topological polar surface area (TPSA) is 104 Å². The van der Waals surface area contributed by atoms with E-state index in [1.807, 2.05) is 18.2 Å². The highest BCUT2D eigenvalue weighted by Crippen LogP contribution is 2.41. The van der Waals surface area contributed by atoms with E-state index in [0.29, 0.717) is 35.6 Å². The van der Waals surface area contributed by atoms with E-state index >= 15 is 0 Å². The molecule has 3 aromatic carbocycles. The zero-order chi connectivity index (χ0) is 24.9. The van der Waals surface area contributed by atoms with Crippen LogP contribution in [0.3, 0.4) is 0 Å². The minimum Gasteiger partial charge on any atom is -0.304 e. The third-order valence-electron chi connectivity index (χ3n) is 6.48. The summed E-state index contributed by atoms with van der Waals surface area (Å²) in [6, 6.07) is 22.0. The minimum absolute atomic E-state index is 0.0406. The highest BCUT2D eigenvalue weighted by atomic mass is 32.2. The maximum Gasteiger partial charge on any atom is 0.267 e. The van der Waals surface area contributed by atoms with Crippen molar-refractivity contribution in [1.29, 1.82) is 0 Å². The Kier molecular flexibility index (Phi) is 5.43. The number of para-hydroxylation sites is 2. The van der Waals surface area contributed by atoms with Gasteiger partial charge in [-0.15, -0.1) is 0 Å². The van der Waals surface area contributed by atoms with Crippen LogP contribution in [0.15, 0.2) is 88.7 Å². The second-order valence-electron chi connectivity index (χ2n) is 8.70. The maximum absolute atomic E-state index is 13.6. The average Bonchev–Trinajstić information content (AvgIpc) is 3.57. The van der Waals surface area contributed by atoms with Crippen LogP contribution in [0, 0.1) is 0 Å². The monoisotopic (exact) mass is 521 g/mol. The fourth-order valence-corrected chi connectivity index (χ4v) is 7.47. The molecule has 3 heterocycles. The molecule has 184 valence electrons. The van der Waals surface area contributed by atoms with E-state index in [4.69, 9.17) is 4.98 Å². The lowest BCUT2D eigenvalue weighted by Crippen LogP contribution is -2.34. The van der Waals surface area contributed by atoms with E-state index in [2.05, 4.69) is 4.98 Å². The molecule has 0 atom stereocenters. The molecule has 1 saturated heterocycles. The van der Waals surface area contributed by atoms with Crippen LogP contribution in [-0.4, -0.2) is 50.9 Å². The maximum atomic E-state index is 13.6. The lowest BCUT2D eigenvalue weighted by Gasteiger charge is -2.21. The molecular weight excluding hydrogens is 498 g/mol. The molecule has 6 rings (SSSR count). The summed E-state index contributed by atoms with van der Waals surface area (Å²) in [4.78, 5) is 11.5. The molecule has 1 aromatic heterocycles. The molecule has 0 spiro atoms. The predicted octanol–water partition coefficient (Wildman–Crippen LogP) is 3.72. The first-order valence-corrected chi connectivity index (χ1v) is 14.5. The quantitative estimate of drug-likeness (QED) is 0.394. The Morgan fingerprint density at radius 2 is 1.17 bits per heavy atom. The van der Waals surface area contributed by atoms with E-state index in [1.54, 1.807) is 65.6 Å². The number of hydrogen-bond acceptors (Lipinski definition) is 7. The molecular formula is C25H23N5O4S2. The van der Waals surface area contributed by atoms with Crippen molar-refractivity contribution in [3.05, 3.63) is 78.9 Å². The van der Waals surface area contributed by atoms with Crippen LogP contribution in [0.4, 0.5) is 17.3 Å². The number of nitrogens with zero attached hydrogens (tertiary/aromatic N) is 5. The summed E-state index contributed by atoms with van der Waals surface area (Å²) < 4.78 is 55.8. The van der Waals surface area contributed by atoms with Gasteiger partial charge in [0.25, 0.3) is 10.0 Å². The van der Waals surface area contributed by atoms with Crippen LogP contribution in [0.5, 0.6) is 0 Å². The van der Waals surface area contributed by atoms with E-state index in [-0.39, 0.29) is 22.3 Å². The number of fused-ring (bicyclic) bond motifs is 2. The van der Waals surface area contributed by atoms with Gasteiger partial charge < -0.3 is 4.90 Å². The molecule has 0 saturated carbocycles. The first-order chi connectivity index (χ1) is 17.4. The van der Waals surface area contributed by atoms with Gasteiger partial charge in [-0.05, 0) is 61.4 Å². The Bertz CT molecular complexity index is 1650. The van der Waals surface area contributed by atoms with Crippen molar-refractivity contribution >= 4 is 48.4 Å². The standard InChI is InChI=1S/C25H23N5O4S2/c31-35(32,28-16-6-7-17-28)21-14-12-19(13-15-21)29-18-30(36(33,34)20-8-2-1-3-9-20)25-24(29)26-22-10-4-5-11-23(22)27-25/h1-5,8-15H,6-7,16-18H2. The third-order valence-corrected chi connectivity index (χ3v) is 10.1. The van der Waals surface area contributed by atoms with Crippen molar-refractivity contribution in [2.45, 2.75) is 22.6 Å². The number of benzene rings is 3. The number of anilines is 3. The first-order valence-electron chi connectivity index (χ1n) is 11.6. The fraction of sp³-hybridized carbons (Fsp3) is 0.200. The van der Waals surface area contributed by atoms with Crippen molar-refractivity contribution in [2.75, 3.05) is 29.0 Å². The fourth-order valence-electron chi connectivity index (χ4n) is 4.58. The number of aromatic nitrogens is 2. The average molecular weight is 522 g/mol. The summed E-state index contributed by atoms with van der Waals surface area (Å²) in [5, 5.41) is 0. The van der Waals surface area contributed by atoms with Gasteiger partial charge in [0.1, 0.15) is 6.67 Å². The summed E-state index contributed by atoms with van der Waals surface area (Å²) in [6.45, 7) is 1.01. The van der Waals surface area contributed by atoms with E-state index in [1.165, 1.54) is 8.61 Å². The van der Waals surface area contributed by atoms with Crippen molar-refractivity contribution in [3.63, 3.8) is 0 Å². The Labute approximate surface area is 209 Å². The van der Waals surface area contributed by atoms with Crippen LogP contribution in [0.1, 0.15) is 12.8 Å². The van der Waals surface area contributed by atoms with Gasteiger partial charge in [-0.25, -0.2) is 31.1 Å². The SMILES string of the molecule is O=S(=O)(c1ccc(N2CN(S(=O)(=O)c3ccccc3)c3nc4ccccc4nc32)cc1)N1CCCC1. The Morgan fingerprint density at radius 1 is 0.611 bits per heavy atom. The molecule has 0 aliphatic carbocycles. The second-order valence-corrected chi connectivity index (χ2v) is 12.5. The van der Waals surface area contributed by atoms with E-state index in [9.17, 15) is 16.8 Å². The number of sulfonamides is 2. The largest absolute Gasteiger partial charge is 0.304 e. The molecule has 0 unspecified atom stereocenters. The van der Waals surface area contributed by atoms with Gasteiger partial charge in [-0.3, -0.25) is 0 Å². The zero-order valence-corrected chi connectivity index (χ0v) is 20.9. The normalized spacial score (nSPS) is 16.6.